The van der Waals surface area contributed by atoms with Crippen molar-refractivity contribution in [1.29, 1.82) is 0 Å². The molecule has 0 saturated heterocycles. The second kappa shape index (κ2) is 5.32. The number of hydrogen-bond acceptors (Lipinski definition) is 2. The molecule has 2 nitrogen and oxygen atoms in total. The lowest BCUT2D eigenvalue weighted by Crippen LogP contribution is -2.41. The standard InChI is InChI=1S/C16H27NO/c18-13-16(9-3-1-2-4-10-16)12-17(15-7-8-15)11-14-5-6-14/h13-15H,1-12H2. The first kappa shape index (κ1) is 12.7. The SMILES string of the molecule is O=CC1(CN(CC2CC2)C2CC2)CCCCCC1. The number of carbonyl (C=O) groups excluding carboxylic acids is 1. The quantitative estimate of drug-likeness (QED) is 0.531. The van der Waals surface area contributed by atoms with Gasteiger partial charge in [-0.3, -0.25) is 4.90 Å². The maximum atomic E-state index is 11.7. The summed E-state index contributed by atoms with van der Waals surface area (Å²) >= 11 is 0. The van der Waals surface area contributed by atoms with E-state index in [0.717, 1.165) is 31.3 Å². The lowest BCUT2D eigenvalue weighted by Gasteiger charge is -2.34. The molecule has 0 radical (unpaired) electrons. The van der Waals surface area contributed by atoms with Crippen LogP contribution in [0.4, 0.5) is 0 Å². The summed E-state index contributed by atoms with van der Waals surface area (Å²) in [7, 11) is 0. The second-order valence-corrected chi connectivity index (χ2v) is 7.00. The Hall–Kier alpha value is -0.370. The zero-order valence-corrected chi connectivity index (χ0v) is 11.6. The van der Waals surface area contributed by atoms with Crippen molar-refractivity contribution in [1.82, 2.24) is 4.90 Å². The fourth-order valence-corrected chi connectivity index (χ4v) is 3.56. The van der Waals surface area contributed by atoms with Crippen LogP contribution >= 0.6 is 0 Å². The van der Waals surface area contributed by atoms with E-state index in [2.05, 4.69) is 4.90 Å². The van der Waals surface area contributed by atoms with Crippen molar-refractivity contribution in [3.8, 4) is 0 Å². The highest BCUT2D eigenvalue weighted by atomic mass is 16.1. The van der Waals surface area contributed by atoms with Gasteiger partial charge < -0.3 is 4.79 Å². The molecular weight excluding hydrogens is 222 g/mol. The van der Waals surface area contributed by atoms with E-state index < -0.39 is 0 Å². The summed E-state index contributed by atoms with van der Waals surface area (Å²) in [6.45, 7) is 2.35. The average molecular weight is 249 g/mol. The van der Waals surface area contributed by atoms with E-state index in [-0.39, 0.29) is 5.41 Å². The van der Waals surface area contributed by atoms with Crippen LogP contribution in [0.15, 0.2) is 0 Å². The number of carbonyl (C=O) groups is 1. The lowest BCUT2D eigenvalue weighted by atomic mass is 9.81. The summed E-state index contributed by atoms with van der Waals surface area (Å²) in [5, 5.41) is 0. The lowest BCUT2D eigenvalue weighted by molar-refractivity contribution is -0.118. The van der Waals surface area contributed by atoms with Gasteiger partial charge in [-0.05, 0) is 44.4 Å². The summed E-state index contributed by atoms with van der Waals surface area (Å²) < 4.78 is 0. The van der Waals surface area contributed by atoms with Crippen LogP contribution in [0.25, 0.3) is 0 Å². The molecule has 0 aromatic rings. The number of rotatable bonds is 6. The van der Waals surface area contributed by atoms with Crippen molar-refractivity contribution in [3.63, 3.8) is 0 Å². The third kappa shape index (κ3) is 3.14. The smallest absolute Gasteiger partial charge is 0.127 e. The monoisotopic (exact) mass is 249 g/mol. The van der Waals surface area contributed by atoms with Crippen LogP contribution in [0.1, 0.15) is 64.2 Å². The maximum Gasteiger partial charge on any atom is 0.127 e. The summed E-state index contributed by atoms with van der Waals surface area (Å²) in [6.07, 6.45) is 14.4. The van der Waals surface area contributed by atoms with Crippen LogP contribution in [0.2, 0.25) is 0 Å². The first-order valence-corrected chi connectivity index (χ1v) is 8.02. The van der Waals surface area contributed by atoms with Crippen LogP contribution in [-0.4, -0.2) is 30.3 Å². The first-order chi connectivity index (χ1) is 8.81. The molecule has 3 aliphatic rings. The van der Waals surface area contributed by atoms with Crippen molar-refractivity contribution in [2.24, 2.45) is 11.3 Å². The summed E-state index contributed by atoms with van der Waals surface area (Å²) in [4.78, 5) is 14.4. The van der Waals surface area contributed by atoms with E-state index in [1.807, 2.05) is 0 Å². The van der Waals surface area contributed by atoms with Gasteiger partial charge in [0.15, 0.2) is 0 Å². The van der Waals surface area contributed by atoms with E-state index in [9.17, 15) is 4.79 Å². The van der Waals surface area contributed by atoms with E-state index in [1.165, 1.54) is 64.2 Å². The Kier molecular flexibility index (Phi) is 3.74. The van der Waals surface area contributed by atoms with Gasteiger partial charge in [-0.15, -0.1) is 0 Å². The predicted molar refractivity (Wildman–Crippen MR) is 73.5 cm³/mol. The van der Waals surface area contributed by atoms with Crippen molar-refractivity contribution in [3.05, 3.63) is 0 Å². The van der Waals surface area contributed by atoms with Crippen molar-refractivity contribution < 1.29 is 4.79 Å². The van der Waals surface area contributed by atoms with Gasteiger partial charge in [-0.2, -0.15) is 0 Å². The molecule has 3 aliphatic carbocycles. The highest BCUT2D eigenvalue weighted by Crippen LogP contribution is 2.40. The van der Waals surface area contributed by atoms with Crippen molar-refractivity contribution >= 4 is 6.29 Å². The van der Waals surface area contributed by atoms with Crippen LogP contribution in [0.5, 0.6) is 0 Å². The molecule has 0 atom stereocenters. The molecule has 0 bridgehead atoms. The molecule has 3 rings (SSSR count). The molecule has 0 spiro atoms. The van der Waals surface area contributed by atoms with Gasteiger partial charge in [0.25, 0.3) is 0 Å². The predicted octanol–water partition coefficient (Wildman–Crippen LogP) is 3.40. The Balaban J connectivity index is 1.63. The normalized spacial score (nSPS) is 28.1. The molecule has 0 N–H and O–H groups in total. The van der Waals surface area contributed by atoms with Crippen molar-refractivity contribution in [2.75, 3.05) is 13.1 Å². The van der Waals surface area contributed by atoms with Gasteiger partial charge in [0.05, 0.1) is 0 Å². The fraction of sp³-hybridized carbons (Fsp3) is 0.938. The number of hydrogen-bond donors (Lipinski definition) is 0. The van der Waals surface area contributed by atoms with Crippen LogP contribution in [-0.2, 0) is 4.79 Å². The summed E-state index contributed by atoms with van der Waals surface area (Å²) in [5.41, 5.74) is 0.00792. The Morgan fingerprint density at radius 2 is 1.67 bits per heavy atom. The number of nitrogens with zero attached hydrogens (tertiary/aromatic N) is 1. The van der Waals surface area contributed by atoms with Crippen molar-refractivity contribution in [2.45, 2.75) is 70.3 Å². The summed E-state index contributed by atoms with van der Waals surface area (Å²) in [5.74, 6) is 0.958. The zero-order valence-electron chi connectivity index (χ0n) is 11.6. The van der Waals surface area contributed by atoms with Gasteiger partial charge in [0.2, 0.25) is 0 Å². The molecule has 18 heavy (non-hydrogen) atoms. The van der Waals surface area contributed by atoms with Gasteiger partial charge in [-0.1, -0.05) is 25.7 Å². The molecule has 0 unspecified atom stereocenters. The molecule has 102 valence electrons. The Bertz CT molecular complexity index is 285. The van der Waals surface area contributed by atoms with E-state index in [0.29, 0.717) is 0 Å². The minimum absolute atomic E-state index is 0.00792. The molecule has 3 saturated carbocycles. The van der Waals surface area contributed by atoms with Crippen LogP contribution < -0.4 is 0 Å². The molecule has 0 aliphatic heterocycles. The van der Waals surface area contributed by atoms with Crippen LogP contribution in [0.3, 0.4) is 0 Å². The van der Waals surface area contributed by atoms with Crippen LogP contribution in [0, 0.1) is 11.3 Å². The molecule has 3 fully saturated rings. The largest absolute Gasteiger partial charge is 0.303 e. The third-order valence-electron chi connectivity index (χ3n) is 5.12. The second-order valence-electron chi connectivity index (χ2n) is 7.00. The summed E-state index contributed by atoms with van der Waals surface area (Å²) in [6, 6.07) is 0.825. The van der Waals surface area contributed by atoms with Gasteiger partial charge in [0, 0.05) is 24.5 Å². The Morgan fingerprint density at radius 1 is 1.00 bits per heavy atom. The minimum Gasteiger partial charge on any atom is -0.303 e. The molecule has 0 heterocycles. The van der Waals surface area contributed by atoms with E-state index >= 15 is 0 Å². The van der Waals surface area contributed by atoms with Gasteiger partial charge in [0.1, 0.15) is 6.29 Å². The minimum atomic E-state index is 0.00792. The van der Waals surface area contributed by atoms with E-state index in [4.69, 9.17) is 0 Å². The third-order valence-corrected chi connectivity index (χ3v) is 5.12. The Morgan fingerprint density at radius 3 is 2.17 bits per heavy atom. The highest BCUT2D eigenvalue weighted by Gasteiger charge is 2.39. The van der Waals surface area contributed by atoms with Gasteiger partial charge >= 0.3 is 0 Å². The van der Waals surface area contributed by atoms with Gasteiger partial charge in [-0.25, -0.2) is 0 Å². The maximum absolute atomic E-state index is 11.7. The molecule has 0 amide bonds. The Labute approximate surface area is 111 Å². The van der Waals surface area contributed by atoms with E-state index in [1.54, 1.807) is 0 Å². The highest BCUT2D eigenvalue weighted by molar-refractivity contribution is 5.59. The molecular formula is C16H27NO. The number of aldehydes is 1. The molecule has 0 aromatic carbocycles. The zero-order chi connectivity index (χ0) is 12.4. The molecule has 2 heteroatoms. The first-order valence-electron chi connectivity index (χ1n) is 8.02. The molecule has 0 aromatic heterocycles. The fourth-order valence-electron chi connectivity index (χ4n) is 3.56. The topological polar surface area (TPSA) is 20.3 Å². The average Bonchev–Trinajstić information content (AvgIpc) is 3.23.